The first kappa shape index (κ1) is 14.6. The van der Waals surface area contributed by atoms with Gasteiger partial charge in [0.2, 0.25) is 0 Å². The Morgan fingerprint density at radius 1 is 1.32 bits per heavy atom. The van der Waals surface area contributed by atoms with Gasteiger partial charge in [-0.15, -0.1) is 0 Å². The van der Waals surface area contributed by atoms with E-state index in [0.717, 1.165) is 38.2 Å². The number of nitrogens with zero attached hydrogens (tertiary/aromatic N) is 1. The minimum Gasteiger partial charge on any atom is -0.315 e. The Kier molecular flexibility index (Phi) is 5.48. The second-order valence-corrected chi connectivity index (χ2v) is 5.79. The normalized spacial score (nSPS) is 17.2. The van der Waals surface area contributed by atoms with E-state index in [-0.39, 0.29) is 11.6 Å². The van der Waals surface area contributed by atoms with Gasteiger partial charge in [0.15, 0.2) is 5.78 Å². The number of nitrogens with one attached hydrogen (secondary N) is 1. The van der Waals surface area contributed by atoms with Crippen LogP contribution in [0.5, 0.6) is 0 Å². The van der Waals surface area contributed by atoms with Gasteiger partial charge >= 0.3 is 0 Å². The van der Waals surface area contributed by atoms with Crippen LogP contribution >= 0.6 is 15.9 Å². The molecule has 0 radical (unpaired) electrons. The number of carbonyl (C=O) groups excluding carboxylic acids is 1. The number of benzene rings is 1. The van der Waals surface area contributed by atoms with Crippen molar-refractivity contribution in [2.45, 2.75) is 12.8 Å². The Bertz CT molecular complexity index is 425. The zero-order valence-corrected chi connectivity index (χ0v) is 12.4. The molecule has 1 aromatic carbocycles. The van der Waals surface area contributed by atoms with Gasteiger partial charge in [-0.3, -0.25) is 9.69 Å². The molecular weight excluding hydrogens is 311 g/mol. The van der Waals surface area contributed by atoms with Crippen molar-refractivity contribution in [1.29, 1.82) is 0 Å². The molecule has 0 unspecified atom stereocenters. The van der Waals surface area contributed by atoms with Crippen LogP contribution in [0, 0.1) is 5.82 Å². The summed E-state index contributed by atoms with van der Waals surface area (Å²) in [6.07, 6.45) is 1.36. The molecule has 19 heavy (non-hydrogen) atoms. The van der Waals surface area contributed by atoms with Crippen molar-refractivity contribution >= 4 is 21.7 Å². The van der Waals surface area contributed by atoms with Crippen molar-refractivity contribution in [2.75, 3.05) is 32.7 Å². The molecular formula is C14H18BrFN2O. The van der Waals surface area contributed by atoms with Crippen LogP contribution in [-0.2, 0) is 11.2 Å². The maximum absolute atomic E-state index is 13.2. The highest BCUT2D eigenvalue weighted by Gasteiger charge is 2.13. The zero-order chi connectivity index (χ0) is 13.7. The Labute approximate surface area is 121 Å². The average Bonchev–Trinajstić information content (AvgIpc) is 2.55. The molecule has 0 spiro atoms. The van der Waals surface area contributed by atoms with Crippen LogP contribution in [0.25, 0.3) is 0 Å². The van der Waals surface area contributed by atoms with Crippen molar-refractivity contribution in [3.05, 3.63) is 34.1 Å². The van der Waals surface area contributed by atoms with Crippen LogP contribution < -0.4 is 5.32 Å². The lowest BCUT2D eigenvalue weighted by molar-refractivity contribution is -0.119. The van der Waals surface area contributed by atoms with Crippen LogP contribution in [0.4, 0.5) is 4.39 Å². The average molecular weight is 329 g/mol. The second kappa shape index (κ2) is 7.12. The van der Waals surface area contributed by atoms with Crippen molar-refractivity contribution < 1.29 is 9.18 Å². The molecule has 0 aliphatic carbocycles. The number of rotatable bonds is 4. The smallest absolute Gasteiger partial charge is 0.151 e. The Hall–Kier alpha value is -0.780. The quantitative estimate of drug-likeness (QED) is 0.917. The summed E-state index contributed by atoms with van der Waals surface area (Å²) in [7, 11) is 0. The number of ketones is 1. The van der Waals surface area contributed by atoms with E-state index in [1.807, 2.05) is 0 Å². The first-order valence-corrected chi connectivity index (χ1v) is 7.32. The largest absolute Gasteiger partial charge is 0.315 e. The monoisotopic (exact) mass is 328 g/mol. The summed E-state index contributed by atoms with van der Waals surface area (Å²) in [6.45, 7) is 4.25. The van der Waals surface area contributed by atoms with Crippen LogP contribution in [-0.4, -0.2) is 43.4 Å². The molecule has 1 heterocycles. The van der Waals surface area contributed by atoms with Crippen LogP contribution in [0.3, 0.4) is 0 Å². The molecule has 5 heteroatoms. The third-order valence-electron chi connectivity index (χ3n) is 3.16. The summed E-state index contributed by atoms with van der Waals surface area (Å²) in [5.41, 5.74) is 0.727. The fraction of sp³-hybridized carbons (Fsp3) is 0.500. The Balaban J connectivity index is 1.89. The summed E-state index contributed by atoms with van der Waals surface area (Å²) in [6, 6.07) is 4.62. The van der Waals surface area contributed by atoms with Crippen LogP contribution in [0.2, 0.25) is 0 Å². The topological polar surface area (TPSA) is 32.3 Å². The predicted molar refractivity (Wildman–Crippen MR) is 76.7 cm³/mol. The van der Waals surface area contributed by atoms with E-state index in [1.165, 1.54) is 12.1 Å². The molecule has 1 aliphatic heterocycles. The molecule has 1 saturated heterocycles. The van der Waals surface area contributed by atoms with Gasteiger partial charge in [0.05, 0.1) is 6.54 Å². The number of hydrogen-bond donors (Lipinski definition) is 1. The van der Waals surface area contributed by atoms with Crippen molar-refractivity contribution in [1.82, 2.24) is 10.2 Å². The fourth-order valence-electron chi connectivity index (χ4n) is 2.31. The first-order valence-electron chi connectivity index (χ1n) is 6.53. The number of carbonyl (C=O) groups is 1. The Morgan fingerprint density at radius 3 is 2.95 bits per heavy atom. The lowest BCUT2D eigenvalue weighted by atomic mass is 10.1. The van der Waals surface area contributed by atoms with Crippen molar-refractivity contribution in [3.8, 4) is 0 Å². The van der Waals surface area contributed by atoms with E-state index in [9.17, 15) is 9.18 Å². The molecule has 1 N–H and O–H groups in total. The maximum Gasteiger partial charge on any atom is 0.151 e. The highest BCUT2D eigenvalue weighted by atomic mass is 79.9. The fourth-order valence-corrected chi connectivity index (χ4v) is 2.82. The number of Topliss-reactive ketones (excluding diaryl/α,β-unsaturated/α-hetero) is 1. The standard InChI is InChI=1S/C14H18BrFN2O/c15-12-6-11(7-13(16)9-12)8-14(19)10-18-4-1-2-17-3-5-18/h6-7,9,17H,1-5,8,10H2. The molecule has 2 rings (SSSR count). The lowest BCUT2D eigenvalue weighted by Gasteiger charge is -2.18. The van der Waals surface area contributed by atoms with Gasteiger partial charge in [0.1, 0.15) is 5.82 Å². The maximum atomic E-state index is 13.2. The molecule has 3 nitrogen and oxygen atoms in total. The molecule has 1 aromatic rings. The van der Waals surface area contributed by atoms with E-state index in [1.54, 1.807) is 6.07 Å². The van der Waals surface area contributed by atoms with Crippen molar-refractivity contribution in [2.24, 2.45) is 0 Å². The molecule has 0 amide bonds. The van der Waals surface area contributed by atoms with Gasteiger partial charge < -0.3 is 5.32 Å². The van der Waals surface area contributed by atoms with Gasteiger partial charge in [-0.1, -0.05) is 15.9 Å². The van der Waals surface area contributed by atoms with E-state index in [4.69, 9.17) is 0 Å². The summed E-state index contributed by atoms with van der Waals surface area (Å²) >= 11 is 3.24. The third-order valence-corrected chi connectivity index (χ3v) is 3.61. The molecule has 0 aromatic heterocycles. The highest BCUT2D eigenvalue weighted by Crippen LogP contribution is 2.15. The summed E-state index contributed by atoms with van der Waals surface area (Å²) in [5, 5.41) is 3.31. The minimum atomic E-state index is -0.309. The summed E-state index contributed by atoms with van der Waals surface area (Å²) in [4.78, 5) is 14.2. The van der Waals surface area contributed by atoms with Gasteiger partial charge in [0.25, 0.3) is 0 Å². The molecule has 104 valence electrons. The number of halogens is 2. The minimum absolute atomic E-state index is 0.138. The third kappa shape index (κ3) is 5.01. The van der Waals surface area contributed by atoms with Gasteiger partial charge in [-0.2, -0.15) is 0 Å². The predicted octanol–water partition coefficient (Wildman–Crippen LogP) is 2.00. The van der Waals surface area contributed by atoms with E-state index < -0.39 is 0 Å². The van der Waals surface area contributed by atoms with E-state index in [0.29, 0.717) is 17.4 Å². The van der Waals surface area contributed by atoms with Crippen molar-refractivity contribution in [3.63, 3.8) is 0 Å². The SMILES string of the molecule is O=C(Cc1cc(F)cc(Br)c1)CN1CCCNCC1. The Morgan fingerprint density at radius 2 is 2.16 bits per heavy atom. The van der Waals surface area contributed by atoms with Gasteiger partial charge in [0, 0.05) is 24.0 Å². The molecule has 1 aliphatic rings. The first-order chi connectivity index (χ1) is 9.13. The molecule has 0 bridgehead atoms. The molecule has 0 saturated carbocycles. The molecule has 1 fully saturated rings. The van der Waals surface area contributed by atoms with E-state index in [2.05, 4.69) is 26.1 Å². The molecule has 0 atom stereocenters. The lowest BCUT2D eigenvalue weighted by Crippen LogP contribution is -2.33. The van der Waals surface area contributed by atoms with E-state index >= 15 is 0 Å². The van der Waals surface area contributed by atoms with Gasteiger partial charge in [-0.25, -0.2) is 4.39 Å². The highest BCUT2D eigenvalue weighted by molar-refractivity contribution is 9.10. The zero-order valence-electron chi connectivity index (χ0n) is 10.8. The number of hydrogen-bond acceptors (Lipinski definition) is 3. The van der Waals surface area contributed by atoms with Crippen LogP contribution in [0.15, 0.2) is 22.7 Å². The second-order valence-electron chi connectivity index (χ2n) is 4.87. The van der Waals surface area contributed by atoms with Crippen LogP contribution in [0.1, 0.15) is 12.0 Å². The summed E-state index contributed by atoms with van der Waals surface area (Å²) in [5.74, 6) is -0.171. The van der Waals surface area contributed by atoms with Gasteiger partial charge in [-0.05, 0) is 43.3 Å². The summed E-state index contributed by atoms with van der Waals surface area (Å²) < 4.78 is 13.9.